The van der Waals surface area contributed by atoms with Crippen molar-refractivity contribution in [3.05, 3.63) is 22.1 Å². The van der Waals surface area contributed by atoms with Crippen LogP contribution in [0.1, 0.15) is 20.3 Å². The summed E-state index contributed by atoms with van der Waals surface area (Å²) in [7, 11) is 0. The summed E-state index contributed by atoms with van der Waals surface area (Å²) in [6.07, 6.45) is 1.94. The Morgan fingerprint density at radius 2 is 2.35 bits per heavy atom. The molecule has 0 aromatic carbocycles. The molecule has 2 aromatic rings. The molecule has 0 bridgehead atoms. The standard InChI is InChI=1S/C13H17ClN4OS/c1-8(2)6-15-11(19)3-4-18-12-10(17-13(18)20)5-9(14)7-16-12/h5,7-8H,3-4,6H2,1-2H3,(H,15,19)(H,17,20). The number of carbonyl (C=O) groups is 1. The van der Waals surface area contributed by atoms with E-state index < -0.39 is 0 Å². The van der Waals surface area contributed by atoms with Gasteiger partial charge in [0.15, 0.2) is 10.4 Å². The van der Waals surface area contributed by atoms with E-state index in [9.17, 15) is 4.79 Å². The van der Waals surface area contributed by atoms with E-state index in [2.05, 4.69) is 29.1 Å². The number of nitrogens with zero attached hydrogens (tertiary/aromatic N) is 2. The number of aryl methyl sites for hydroxylation is 1. The summed E-state index contributed by atoms with van der Waals surface area (Å²) in [6, 6.07) is 1.77. The molecule has 108 valence electrons. The molecule has 0 saturated carbocycles. The molecule has 1 amide bonds. The van der Waals surface area contributed by atoms with Crippen molar-refractivity contribution in [3.8, 4) is 0 Å². The maximum atomic E-state index is 11.7. The zero-order valence-corrected chi connectivity index (χ0v) is 13.0. The number of pyridine rings is 1. The smallest absolute Gasteiger partial charge is 0.221 e. The van der Waals surface area contributed by atoms with Gasteiger partial charge < -0.3 is 14.9 Å². The molecule has 0 radical (unpaired) electrons. The van der Waals surface area contributed by atoms with Crippen molar-refractivity contribution in [2.75, 3.05) is 6.54 Å². The second-order valence-electron chi connectivity index (χ2n) is 5.05. The SMILES string of the molecule is CC(C)CNC(=O)CCn1c(=S)[nH]c2cc(Cl)cnc21. The van der Waals surface area contributed by atoms with Gasteiger partial charge in [-0.05, 0) is 24.2 Å². The van der Waals surface area contributed by atoms with Crippen molar-refractivity contribution in [1.29, 1.82) is 0 Å². The molecule has 0 unspecified atom stereocenters. The lowest BCUT2D eigenvalue weighted by Gasteiger charge is -2.08. The summed E-state index contributed by atoms with van der Waals surface area (Å²) < 4.78 is 2.36. The Bertz CT molecular complexity index is 677. The van der Waals surface area contributed by atoms with E-state index in [-0.39, 0.29) is 5.91 Å². The van der Waals surface area contributed by atoms with Gasteiger partial charge >= 0.3 is 0 Å². The van der Waals surface area contributed by atoms with E-state index in [1.54, 1.807) is 12.3 Å². The first-order chi connectivity index (χ1) is 9.47. The highest BCUT2D eigenvalue weighted by atomic mass is 35.5. The first kappa shape index (κ1) is 15.0. The third-order valence-corrected chi connectivity index (χ3v) is 3.37. The molecule has 0 aliphatic heterocycles. The Hall–Kier alpha value is -1.40. The van der Waals surface area contributed by atoms with Crippen molar-refractivity contribution in [3.63, 3.8) is 0 Å². The fourth-order valence-electron chi connectivity index (χ4n) is 1.85. The molecule has 2 aromatic heterocycles. The second kappa shape index (κ2) is 6.37. The van der Waals surface area contributed by atoms with Gasteiger partial charge in [-0.15, -0.1) is 0 Å². The lowest BCUT2D eigenvalue weighted by molar-refractivity contribution is -0.121. The second-order valence-corrected chi connectivity index (χ2v) is 5.88. The van der Waals surface area contributed by atoms with Crippen LogP contribution in [0.25, 0.3) is 11.2 Å². The normalized spacial score (nSPS) is 11.2. The number of carbonyl (C=O) groups excluding carboxylic acids is 1. The van der Waals surface area contributed by atoms with Gasteiger partial charge in [-0.3, -0.25) is 4.79 Å². The molecule has 7 heteroatoms. The van der Waals surface area contributed by atoms with E-state index in [0.29, 0.717) is 35.2 Å². The Labute approximate surface area is 127 Å². The summed E-state index contributed by atoms with van der Waals surface area (Å²) in [6.45, 7) is 5.30. The van der Waals surface area contributed by atoms with Gasteiger partial charge in [0.25, 0.3) is 0 Å². The molecule has 20 heavy (non-hydrogen) atoms. The van der Waals surface area contributed by atoms with Crippen molar-refractivity contribution in [1.82, 2.24) is 19.9 Å². The first-order valence-corrected chi connectivity index (χ1v) is 7.26. The van der Waals surface area contributed by atoms with Gasteiger partial charge in [0.2, 0.25) is 5.91 Å². The molecule has 0 fully saturated rings. The Morgan fingerprint density at radius 3 is 3.05 bits per heavy atom. The Morgan fingerprint density at radius 1 is 1.60 bits per heavy atom. The average Bonchev–Trinajstić information content (AvgIpc) is 2.68. The zero-order chi connectivity index (χ0) is 14.7. The van der Waals surface area contributed by atoms with Crippen molar-refractivity contribution < 1.29 is 4.79 Å². The topological polar surface area (TPSA) is 62.7 Å². The largest absolute Gasteiger partial charge is 0.356 e. The molecule has 0 atom stereocenters. The minimum absolute atomic E-state index is 0.0175. The van der Waals surface area contributed by atoms with Crippen molar-refractivity contribution in [2.45, 2.75) is 26.8 Å². The predicted octanol–water partition coefficient (Wildman–Crippen LogP) is 2.91. The molecule has 2 rings (SSSR count). The van der Waals surface area contributed by atoms with Gasteiger partial charge in [0.1, 0.15) is 0 Å². The molecule has 2 N–H and O–H groups in total. The third-order valence-electron chi connectivity index (χ3n) is 2.85. The van der Waals surface area contributed by atoms with Crippen LogP contribution in [0, 0.1) is 10.7 Å². The van der Waals surface area contributed by atoms with Crippen LogP contribution in [-0.4, -0.2) is 27.0 Å². The third kappa shape index (κ3) is 3.58. The molecule has 0 aliphatic rings. The van der Waals surface area contributed by atoms with Gasteiger partial charge in [0.05, 0.1) is 10.5 Å². The minimum atomic E-state index is 0.0175. The maximum Gasteiger partial charge on any atom is 0.221 e. The number of hydrogen-bond donors (Lipinski definition) is 2. The number of hydrogen-bond acceptors (Lipinski definition) is 3. The summed E-state index contributed by atoms with van der Waals surface area (Å²) in [5.41, 5.74) is 1.50. The molecule has 0 aliphatic carbocycles. The highest BCUT2D eigenvalue weighted by Gasteiger charge is 2.09. The average molecular weight is 313 g/mol. The Kier molecular flexibility index (Phi) is 4.77. The van der Waals surface area contributed by atoms with Crippen LogP contribution in [0.4, 0.5) is 0 Å². The van der Waals surface area contributed by atoms with Crippen LogP contribution < -0.4 is 5.32 Å². The van der Waals surface area contributed by atoms with Crippen LogP contribution in [0.2, 0.25) is 5.02 Å². The minimum Gasteiger partial charge on any atom is -0.356 e. The molecule has 2 heterocycles. The number of rotatable bonds is 5. The molecular formula is C13H17ClN4OS. The monoisotopic (exact) mass is 312 g/mol. The Balaban J connectivity index is 2.08. The van der Waals surface area contributed by atoms with E-state index in [1.165, 1.54) is 0 Å². The number of imidazole rings is 1. The van der Waals surface area contributed by atoms with E-state index >= 15 is 0 Å². The fraction of sp³-hybridized carbons (Fsp3) is 0.462. The highest BCUT2D eigenvalue weighted by molar-refractivity contribution is 7.71. The molecular weight excluding hydrogens is 296 g/mol. The number of halogens is 1. The van der Waals surface area contributed by atoms with Gasteiger partial charge in [0, 0.05) is 25.7 Å². The number of aromatic nitrogens is 3. The zero-order valence-electron chi connectivity index (χ0n) is 11.4. The highest BCUT2D eigenvalue weighted by Crippen LogP contribution is 2.16. The maximum absolute atomic E-state index is 11.7. The van der Waals surface area contributed by atoms with Gasteiger partial charge in [-0.2, -0.15) is 0 Å². The van der Waals surface area contributed by atoms with Crippen molar-refractivity contribution >= 4 is 40.9 Å². The van der Waals surface area contributed by atoms with E-state index in [0.717, 1.165) is 11.2 Å². The fourth-order valence-corrected chi connectivity index (χ4v) is 2.29. The number of fused-ring (bicyclic) bond motifs is 1. The van der Waals surface area contributed by atoms with E-state index in [4.69, 9.17) is 23.8 Å². The lowest BCUT2D eigenvalue weighted by atomic mass is 10.2. The molecule has 0 saturated heterocycles. The van der Waals surface area contributed by atoms with Crippen LogP contribution in [-0.2, 0) is 11.3 Å². The molecule has 5 nitrogen and oxygen atoms in total. The number of nitrogens with one attached hydrogen (secondary N) is 2. The van der Waals surface area contributed by atoms with Crippen molar-refractivity contribution in [2.24, 2.45) is 5.92 Å². The predicted molar refractivity (Wildman–Crippen MR) is 82.4 cm³/mol. The molecule has 0 spiro atoms. The number of aromatic amines is 1. The van der Waals surface area contributed by atoms with Gasteiger partial charge in [-0.25, -0.2) is 4.98 Å². The first-order valence-electron chi connectivity index (χ1n) is 6.48. The lowest BCUT2D eigenvalue weighted by Crippen LogP contribution is -2.28. The number of amides is 1. The summed E-state index contributed by atoms with van der Waals surface area (Å²) in [4.78, 5) is 19.0. The number of H-pyrrole nitrogens is 1. The summed E-state index contributed by atoms with van der Waals surface area (Å²) >= 11 is 11.1. The summed E-state index contributed by atoms with van der Waals surface area (Å²) in [5, 5.41) is 3.43. The quantitative estimate of drug-likeness (QED) is 0.834. The van der Waals surface area contributed by atoms with Crippen LogP contribution in [0.15, 0.2) is 12.3 Å². The van der Waals surface area contributed by atoms with Gasteiger partial charge in [-0.1, -0.05) is 25.4 Å². The summed E-state index contributed by atoms with van der Waals surface area (Å²) in [5.74, 6) is 0.460. The van der Waals surface area contributed by atoms with E-state index in [1.807, 2.05) is 4.57 Å². The van der Waals surface area contributed by atoms with Crippen LogP contribution >= 0.6 is 23.8 Å². The van der Waals surface area contributed by atoms with Crippen LogP contribution in [0.5, 0.6) is 0 Å². The van der Waals surface area contributed by atoms with Crippen LogP contribution in [0.3, 0.4) is 0 Å².